The fourth-order valence-electron chi connectivity index (χ4n) is 2.58. The molecule has 1 aromatic rings. The molecule has 1 unspecified atom stereocenters. The van der Waals surface area contributed by atoms with Crippen LogP contribution in [0.2, 0.25) is 0 Å². The largest absolute Gasteiger partial charge is 0.480 e. The van der Waals surface area contributed by atoms with Crippen molar-refractivity contribution in [1.29, 1.82) is 0 Å². The van der Waals surface area contributed by atoms with Crippen LogP contribution in [0, 0.1) is 5.92 Å². The van der Waals surface area contributed by atoms with E-state index in [4.69, 9.17) is 5.11 Å². The summed E-state index contributed by atoms with van der Waals surface area (Å²) in [7, 11) is -2.31. The van der Waals surface area contributed by atoms with Crippen molar-refractivity contribution in [1.82, 2.24) is 9.62 Å². The molecule has 0 radical (unpaired) electrons. The lowest BCUT2D eigenvalue weighted by molar-refractivity contribution is -0.144. The number of nitrogens with one attached hydrogen (secondary N) is 1. The predicted molar refractivity (Wildman–Crippen MR) is 91.8 cm³/mol. The molecule has 0 bridgehead atoms. The zero-order valence-electron chi connectivity index (χ0n) is 14.3. The minimum Gasteiger partial charge on any atom is -0.480 e. The molecule has 0 saturated carbocycles. The van der Waals surface area contributed by atoms with Crippen molar-refractivity contribution in [3.05, 3.63) is 29.8 Å². The van der Waals surface area contributed by atoms with Gasteiger partial charge in [-0.3, -0.25) is 19.3 Å². The standard InChI is InChI=1S/C16H21N3O5S/c1-10(2)8-12(16(22)19(3)9-14(20)21)17-15-11-6-4-5-7-13(11)25(23,24)18-15/h4-7,10,12H,8-9H2,1-3H3,(H,17,18)(H,20,21). The van der Waals surface area contributed by atoms with Gasteiger partial charge in [0.05, 0.1) is 4.90 Å². The smallest absolute Gasteiger partial charge is 0.323 e. The first kappa shape index (κ1) is 18.9. The Bertz CT molecular complexity index is 817. The topological polar surface area (TPSA) is 116 Å². The van der Waals surface area contributed by atoms with E-state index in [1.165, 1.54) is 13.1 Å². The highest BCUT2D eigenvalue weighted by atomic mass is 32.2. The van der Waals surface area contributed by atoms with Crippen LogP contribution in [-0.4, -0.2) is 55.8 Å². The average molecular weight is 367 g/mol. The molecule has 8 nitrogen and oxygen atoms in total. The summed E-state index contributed by atoms with van der Waals surface area (Å²) in [6.07, 6.45) is 0.371. The second kappa shape index (κ2) is 7.22. The van der Waals surface area contributed by atoms with Gasteiger partial charge in [-0.2, -0.15) is 0 Å². The minimum atomic E-state index is -3.69. The monoisotopic (exact) mass is 367 g/mol. The highest BCUT2D eigenvalue weighted by Crippen LogP contribution is 2.23. The molecule has 1 aromatic carbocycles. The summed E-state index contributed by atoms with van der Waals surface area (Å²) in [6, 6.07) is 5.51. The van der Waals surface area contributed by atoms with E-state index in [1.807, 2.05) is 13.8 Å². The van der Waals surface area contributed by atoms with Gasteiger partial charge < -0.3 is 10.0 Å². The van der Waals surface area contributed by atoms with Crippen molar-refractivity contribution in [3.63, 3.8) is 0 Å². The normalized spacial score (nSPS) is 17.8. The van der Waals surface area contributed by atoms with Crippen LogP contribution < -0.4 is 4.72 Å². The maximum absolute atomic E-state index is 12.6. The Labute approximate surface area is 146 Å². The molecular weight excluding hydrogens is 346 g/mol. The molecule has 0 spiro atoms. The third kappa shape index (κ3) is 4.36. The molecule has 136 valence electrons. The van der Waals surface area contributed by atoms with Gasteiger partial charge in [0.15, 0.2) is 0 Å². The molecule has 0 aliphatic carbocycles. The van der Waals surface area contributed by atoms with E-state index in [1.54, 1.807) is 18.2 Å². The zero-order chi connectivity index (χ0) is 18.8. The van der Waals surface area contributed by atoms with Crippen LogP contribution in [0.1, 0.15) is 25.8 Å². The molecule has 1 atom stereocenters. The van der Waals surface area contributed by atoms with E-state index in [-0.39, 0.29) is 16.6 Å². The Kier molecular flexibility index (Phi) is 5.46. The summed E-state index contributed by atoms with van der Waals surface area (Å²) >= 11 is 0. The fraction of sp³-hybridized carbons (Fsp3) is 0.438. The lowest BCUT2D eigenvalue weighted by Crippen LogP contribution is -2.40. The van der Waals surface area contributed by atoms with Gasteiger partial charge >= 0.3 is 5.97 Å². The summed E-state index contributed by atoms with van der Waals surface area (Å²) in [5.74, 6) is -1.37. The van der Waals surface area contributed by atoms with Crippen molar-refractivity contribution < 1.29 is 23.1 Å². The number of amidine groups is 1. The summed E-state index contributed by atoms with van der Waals surface area (Å²) in [6.45, 7) is 3.37. The summed E-state index contributed by atoms with van der Waals surface area (Å²) in [5.41, 5.74) is 0.407. The highest BCUT2D eigenvalue weighted by molar-refractivity contribution is 7.90. The number of aliphatic imine (C=N–C) groups is 1. The first-order valence-electron chi connectivity index (χ1n) is 7.78. The Hall–Kier alpha value is -2.42. The van der Waals surface area contributed by atoms with Crippen molar-refractivity contribution in [3.8, 4) is 0 Å². The van der Waals surface area contributed by atoms with Crippen molar-refractivity contribution >= 4 is 27.7 Å². The van der Waals surface area contributed by atoms with Crippen LogP contribution in [0.3, 0.4) is 0 Å². The zero-order valence-corrected chi connectivity index (χ0v) is 15.1. The Morgan fingerprint density at radius 2 is 1.92 bits per heavy atom. The number of hydrogen-bond donors (Lipinski definition) is 2. The second-order valence-electron chi connectivity index (χ2n) is 6.31. The van der Waals surface area contributed by atoms with Crippen LogP contribution in [0.5, 0.6) is 0 Å². The number of fused-ring (bicyclic) bond motifs is 1. The molecule has 0 aromatic heterocycles. The first-order chi connectivity index (χ1) is 11.6. The number of carbonyl (C=O) groups is 2. The van der Waals surface area contributed by atoms with Gasteiger partial charge in [-0.15, -0.1) is 0 Å². The molecule has 9 heteroatoms. The fourth-order valence-corrected chi connectivity index (χ4v) is 3.82. The van der Waals surface area contributed by atoms with E-state index in [9.17, 15) is 18.0 Å². The number of amides is 1. The maximum atomic E-state index is 12.6. The molecule has 25 heavy (non-hydrogen) atoms. The molecule has 1 aliphatic rings. The molecular formula is C16H21N3O5S. The molecule has 1 heterocycles. The summed E-state index contributed by atoms with van der Waals surface area (Å²) < 4.78 is 26.7. The molecule has 2 N–H and O–H groups in total. The Balaban J connectivity index is 2.39. The quantitative estimate of drug-likeness (QED) is 0.767. The molecule has 0 saturated heterocycles. The van der Waals surface area contributed by atoms with Crippen LogP contribution in [-0.2, 0) is 19.6 Å². The van der Waals surface area contributed by atoms with Gasteiger partial charge in [0.1, 0.15) is 18.4 Å². The van der Waals surface area contributed by atoms with Crippen LogP contribution in [0.15, 0.2) is 34.2 Å². The Morgan fingerprint density at radius 3 is 2.52 bits per heavy atom. The van der Waals surface area contributed by atoms with Gasteiger partial charge in [-0.05, 0) is 24.5 Å². The summed E-state index contributed by atoms with van der Waals surface area (Å²) in [5, 5.41) is 8.86. The van der Waals surface area contributed by atoms with Gasteiger partial charge in [0.2, 0.25) is 5.91 Å². The maximum Gasteiger partial charge on any atom is 0.323 e. The van der Waals surface area contributed by atoms with E-state index >= 15 is 0 Å². The third-order valence-corrected chi connectivity index (χ3v) is 5.07. The van der Waals surface area contributed by atoms with Gasteiger partial charge in [-0.1, -0.05) is 26.0 Å². The van der Waals surface area contributed by atoms with Gasteiger partial charge in [-0.25, -0.2) is 8.42 Å². The van der Waals surface area contributed by atoms with E-state index in [0.717, 1.165) is 4.90 Å². The number of hydrogen-bond acceptors (Lipinski definition) is 5. The third-order valence-electron chi connectivity index (χ3n) is 3.68. The second-order valence-corrected chi connectivity index (χ2v) is 7.96. The number of carboxylic acids is 1. The highest BCUT2D eigenvalue weighted by Gasteiger charge is 2.32. The molecule has 0 fully saturated rings. The van der Waals surface area contributed by atoms with E-state index in [0.29, 0.717) is 12.0 Å². The van der Waals surface area contributed by atoms with Crippen molar-refractivity contribution in [2.24, 2.45) is 10.9 Å². The van der Waals surface area contributed by atoms with Crippen molar-refractivity contribution in [2.75, 3.05) is 13.6 Å². The average Bonchev–Trinajstić information content (AvgIpc) is 2.76. The van der Waals surface area contributed by atoms with Gasteiger partial charge in [0, 0.05) is 12.6 Å². The van der Waals surface area contributed by atoms with Crippen LogP contribution in [0.4, 0.5) is 0 Å². The molecule has 2 rings (SSSR count). The van der Waals surface area contributed by atoms with Crippen LogP contribution in [0.25, 0.3) is 0 Å². The Morgan fingerprint density at radius 1 is 1.28 bits per heavy atom. The number of carboxylic acid groups (broad SMARTS) is 1. The van der Waals surface area contributed by atoms with Crippen molar-refractivity contribution in [2.45, 2.75) is 31.2 Å². The number of nitrogens with zero attached hydrogens (tertiary/aromatic N) is 2. The van der Waals surface area contributed by atoms with E-state index in [2.05, 4.69) is 9.71 Å². The van der Waals surface area contributed by atoms with Gasteiger partial charge in [0.25, 0.3) is 10.0 Å². The molecule has 1 amide bonds. The lowest BCUT2D eigenvalue weighted by atomic mass is 10.0. The molecule has 1 aliphatic heterocycles. The number of carbonyl (C=O) groups excluding carboxylic acids is 1. The number of likely N-dealkylation sites (N-methyl/N-ethyl adjacent to an activating group) is 1. The number of benzene rings is 1. The number of rotatable bonds is 6. The first-order valence-corrected chi connectivity index (χ1v) is 9.27. The SMILES string of the molecule is CC(C)CC(N=C1NS(=O)(=O)c2ccccc21)C(=O)N(C)CC(=O)O. The van der Waals surface area contributed by atoms with Crippen LogP contribution >= 0.6 is 0 Å². The predicted octanol–water partition coefficient (Wildman–Crippen LogP) is 0.683. The van der Waals surface area contributed by atoms with E-state index < -0.39 is 34.5 Å². The lowest BCUT2D eigenvalue weighted by Gasteiger charge is -2.21. The number of aliphatic carboxylic acids is 1. The minimum absolute atomic E-state index is 0.110. The number of sulfonamides is 1. The summed E-state index contributed by atoms with van der Waals surface area (Å²) in [4.78, 5) is 28.9.